The number of halogens is 2. The summed E-state index contributed by atoms with van der Waals surface area (Å²) in [5.41, 5.74) is 0.186. The highest BCUT2D eigenvalue weighted by molar-refractivity contribution is 6.43. The molecule has 1 aromatic carbocycles. The topological polar surface area (TPSA) is 86.7 Å². The van der Waals surface area contributed by atoms with E-state index in [2.05, 4.69) is 5.32 Å². The van der Waals surface area contributed by atoms with Crippen molar-refractivity contribution < 1.29 is 19.5 Å². The Labute approximate surface area is 149 Å². The van der Waals surface area contributed by atoms with E-state index in [1.54, 1.807) is 19.1 Å². The summed E-state index contributed by atoms with van der Waals surface area (Å²) in [5.74, 6) is -2.29. The van der Waals surface area contributed by atoms with Gasteiger partial charge in [0.1, 0.15) is 6.04 Å². The molecule has 0 saturated carbocycles. The summed E-state index contributed by atoms with van der Waals surface area (Å²) in [4.78, 5) is 37.3. The maximum absolute atomic E-state index is 12.4. The number of piperidine rings is 1. The fourth-order valence-electron chi connectivity index (χ4n) is 2.67. The van der Waals surface area contributed by atoms with E-state index in [1.165, 1.54) is 11.0 Å². The molecule has 1 fully saturated rings. The van der Waals surface area contributed by atoms with Crippen LogP contribution in [-0.4, -0.2) is 46.9 Å². The van der Waals surface area contributed by atoms with E-state index in [0.717, 1.165) is 0 Å². The Balaban J connectivity index is 2.02. The quantitative estimate of drug-likeness (QED) is 0.849. The molecule has 0 bridgehead atoms. The second-order valence-electron chi connectivity index (χ2n) is 5.76. The van der Waals surface area contributed by atoms with E-state index in [9.17, 15) is 14.4 Å². The highest BCUT2D eigenvalue weighted by Crippen LogP contribution is 2.25. The predicted octanol–water partition coefficient (Wildman–Crippen LogP) is 2.43. The lowest BCUT2D eigenvalue weighted by atomic mass is 9.98. The number of carboxylic acid groups (broad SMARTS) is 1. The monoisotopic (exact) mass is 372 g/mol. The number of hydrogen-bond donors (Lipinski definition) is 2. The number of benzene rings is 1. The number of aliphatic carboxylic acids is 1. The van der Waals surface area contributed by atoms with Crippen molar-refractivity contribution in [3.8, 4) is 0 Å². The lowest BCUT2D eigenvalue weighted by Crippen LogP contribution is -2.51. The maximum Gasteiger partial charge on any atom is 0.308 e. The number of nitrogens with zero attached hydrogens (tertiary/aromatic N) is 1. The van der Waals surface area contributed by atoms with Gasteiger partial charge in [-0.1, -0.05) is 29.3 Å². The van der Waals surface area contributed by atoms with Crippen molar-refractivity contribution in [2.75, 3.05) is 13.1 Å². The molecule has 0 aliphatic carbocycles. The Morgan fingerprint density at radius 3 is 2.71 bits per heavy atom. The zero-order valence-electron chi connectivity index (χ0n) is 13.1. The van der Waals surface area contributed by atoms with E-state index in [1.807, 2.05) is 0 Å². The number of carbonyl (C=O) groups is 3. The third kappa shape index (κ3) is 4.19. The van der Waals surface area contributed by atoms with Crippen LogP contribution in [0, 0.1) is 5.92 Å². The number of rotatable bonds is 4. The highest BCUT2D eigenvalue weighted by Gasteiger charge is 2.31. The van der Waals surface area contributed by atoms with Gasteiger partial charge in [0.15, 0.2) is 0 Å². The number of hydrogen-bond acceptors (Lipinski definition) is 3. The average Bonchev–Trinajstić information content (AvgIpc) is 2.56. The van der Waals surface area contributed by atoms with Crippen LogP contribution in [0.25, 0.3) is 0 Å². The Kier molecular flexibility index (Phi) is 6.07. The van der Waals surface area contributed by atoms with E-state index in [0.29, 0.717) is 19.4 Å². The molecule has 1 saturated heterocycles. The summed E-state index contributed by atoms with van der Waals surface area (Å²) in [6.45, 7) is 2.20. The molecule has 1 aliphatic heterocycles. The Morgan fingerprint density at radius 1 is 1.33 bits per heavy atom. The fraction of sp³-hybridized carbons (Fsp3) is 0.438. The van der Waals surface area contributed by atoms with Crippen molar-refractivity contribution >= 4 is 41.0 Å². The molecule has 6 nitrogen and oxygen atoms in total. The van der Waals surface area contributed by atoms with Gasteiger partial charge in [-0.05, 0) is 31.9 Å². The van der Waals surface area contributed by atoms with Crippen LogP contribution in [-0.2, 0) is 9.59 Å². The molecule has 0 radical (unpaired) electrons. The largest absolute Gasteiger partial charge is 0.481 e. The minimum Gasteiger partial charge on any atom is -0.481 e. The summed E-state index contributed by atoms with van der Waals surface area (Å²) in [5, 5.41) is 12.1. The van der Waals surface area contributed by atoms with Crippen molar-refractivity contribution in [3.05, 3.63) is 33.8 Å². The van der Waals surface area contributed by atoms with E-state index >= 15 is 0 Å². The van der Waals surface area contributed by atoms with E-state index in [4.69, 9.17) is 28.3 Å². The normalized spacial score (nSPS) is 18.8. The fourth-order valence-corrected chi connectivity index (χ4v) is 3.05. The number of carboxylic acids is 1. The zero-order valence-corrected chi connectivity index (χ0v) is 14.6. The first-order valence-electron chi connectivity index (χ1n) is 7.57. The molecule has 24 heavy (non-hydrogen) atoms. The van der Waals surface area contributed by atoms with Crippen molar-refractivity contribution in [1.29, 1.82) is 0 Å². The molecule has 8 heteroatoms. The van der Waals surface area contributed by atoms with Gasteiger partial charge >= 0.3 is 5.97 Å². The molecule has 2 N–H and O–H groups in total. The van der Waals surface area contributed by atoms with Gasteiger partial charge in [0.25, 0.3) is 5.91 Å². The van der Waals surface area contributed by atoms with Gasteiger partial charge in [0, 0.05) is 13.1 Å². The van der Waals surface area contributed by atoms with Crippen LogP contribution >= 0.6 is 23.2 Å². The molecule has 0 aromatic heterocycles. The van der Waals surface area contributed by atoms with Crippen LogP contribution in [0.5, 0.6) is 0 Å². The van der Waals surface area contributed by atoms with E-state index in [-0.39, 0.29) is 28.1 Å². The van der Waals surface area contributed by atoms with Gasteiger partial charge in [-0.3, -0.25) is 14.4 Å². The maximum atomic E-state index is 12.4. The molecular weight excluding hydrogens is 355 g/mol. The summed E-state index contributed by atoms with van der Waals surface area (Å²) >= 11 is 11.9. The smallest absolute Gasteiger partial charge is 0.308 e. The lowest BCUT2D eigenvalue weighted by molar-refractivity contribution is -0.146. The molecule has 1 aliphatic rings. The standard InChI is InChI=1S/C16H18Cl2N2O4/c1-9(15(22)20-7-3-4-10(8-20)16(23)24)19-14(21)11-5-2-6-12(17)13(11)18/h2,5-6,9-10H,3-4,7-8H2,1H3,(H,19,21)(H,23,24). The van der Waals surface area contributed by atoms with Crippen molar-refractivity contribution in [1.82, 2.24) is 10.2 Å². The summed E-state index contributed by atoms with van der Waals surface area (Å²) in [6.07, 6.45) is 1.18. The van der Waals surface area contributed by atoms with Gasteiger partial charge in [-0.25, -0.2) is 0 Å². The molecule has 1 heterocycles. The molecular formula is C16H18Cl2N2O4. The molecule has 2 atom stereocenters. The van der Waals surface area contributed by atoms with E-state index < -0.39 is 23.8 Å². The Bertz CT molecular complexity index is 665. The number of amides is 2. The molecule has 2 rings (SSSR count). The van der Waals surface area contributed by atoms with Gasteiger partial charge in [0.05, 0.1) is 21.5 Å². The lowest BCUT2D eigenvalue weighted by Gasteiger charge is -2.32. The molecule has 2 unspecified atom stereocenters. The Hall–Kier alpha value is -1.79. The van der Waals surface area contributed by atoms with Crippen LogP contribution in [0.1, 0.15) is 30.1 Å². The van der Waals surface area contributed by atoms with Crippen molar-refractivity contribution in [2.24, 2.45) is 5.92 Å². The molecule has 1 aromatic rings. The molecule has 130 valence electrons. The molecule has 0 spiro atoms. The minimum atomic E-state index is -0.908. The second kappa shape index (κ2) is 7.85. The Morgan fingerprint density at radius 2 is 2.04 bits per heavy atom. The highest BCUT2D eigenvalue weighted by atomic mass is 35.5. The average molecular weight is 373 g/mol. The first kappa shape index (κ1) is 18.5. The third-order valence-electron chi connectivity index (χ3n) is 4.00. The number of carbonyl (C=O) groups excluding carboxylic acids is 2. The SMILES string of the molecule is CC(NC(=O)c1cccc(Cl)c1Cl)C(=O)N1CCCC(C(=O)O)C1. The summed E-state index contributed by atoms with van der Waals surface area (Å²) in [6, 6.07) is 3.88. The van der Waals surface area contributed by atoms with Gasteiger partial charge in [0.2, 0.25) is 5.91 Å². The van der Waals surface area contributed by atoms with Crippen LogP contribution in [0.4, 0.5) is 0 Å². The van der Waals surface area contributed by atoms with Crippen LogP contribution in [0.2, 0.25) is 10.0 Å². The van der Waals surface area contributed by atoms with Crippen LogP contribution < -0.4 is 5.32 Å². The number of nitrogens with one attached hydrogen (secondary N) is 1. The van der Waals surface area contributed by atoms with Crippen molar-refractivity contribution in [3.63, 3.8) is 0 Å². The minimum absolute atomic E-state index is 0.125. The third-order valence-corrected chi connectivity index (χ3v) is 4.82. The first-order chi connectivity index (χ1) is 11.3. The van der Waals surface area contributed by atoms with Crippen molar-refractivity contribution in [2.45, 2.75) is 25.8 Å². The van der Waals surface area contributed by atoms with Crippen LogP contribution in [0.3, 0.4) is 0 Å². The number of likely N-dealkylation sites (tertiary alicyclic amines) is 1. The molecule has 2 amide bonds. The van der Waals surface area contributed by atoms with Gasteiger partial charge in [-0.2, -0.15) is 0 Å². The second-order valence-corrected chi connectivity index (χ2v) is 6.54. The van der Waals surface area contributed by atoms with Gasteiger partial charge in [-0.15, -0.1) is 0 Å². The van der Waals surface area contributed by atoms with Crippen LogP contribution in [0.15, 0.2) is 18.2 Å². The summed E-state index contributed by atoms with van der Waals surface area (Å²) in [7, 11) is 0. The zero-order chi connectivity index (χ0) is 17.9. The predicted molar refractivity (Wildman–Crippen MR) is 90.3 cm³/mol. The van der Waals surface area contributed by atoms with Gasteiger partial charge < -0.3 is 15.3 Å². The first-order valence-corrected chi connectivity index (χ1v) is 8.33. The summed E-state index contributed by atoms with van der Waals surface area (Å²) < 4.78 is 0.